The molecule has 1 atom stereocenters. The van der Waals surface area contributed by atoms with Crippen molar-refractivity contribution in [3.05, 3.63) is 23.8 Å². The monoisotopic (exact) mass is 307 g/mol. The summed E-state index contributed by atoms with van der Waals surface area (Å²) in [6, 6.07) is 4.89. The lowest BCUT2D eigenvalue weighted by Gasteiger charge is -2.13. The fourth-order valence-electron chi connectivity index (χ4n) is 1.72. The molecule has 0 saturated carbocycles. The summed E-state index contributed by atoms with van der Waals surface area (Å²) in [7, 11) is 0. The molecule has 0 bridgehead atoms. The first-order valence-corrected chi connectivity index (χ1v) is 7.57. The maximum absolute atomic E-state index is 11.8. The zero-order chi connectivity index (χ0) is 16.5. The Kier molecular flexibility index (Phi) is 7.22. The van der Waals surface area contributed by atoms with Gasteiger partial charge in [0.2, 0.25) is 0 Å². The molecule has 1 aromatic carbocycles. The third-order valence-corrected chi connectivity index (χ3v) is 3.19. The number of nitrogen functional groups attached to an aromatic ring is 1. The molecule has 6 nitrogen and oxygen atoms in total. The number of rotatable bonds is 8. The average Bonchev–Trinajstić information content (AvgIpc) is 2.51. The van der Waals surface area contributed by atoms with Gasteiger partial charge in [0.15, 0.2) is 6.61 Å². The van der Waals surface area contributed by atoms with E-state index in [4.69, 9.17) is 10.5 Å². The molecule has 4 N–H and O–H groups in total. The molecular weight excluding hydrogens is 282 g/mol. The van der Waals surface area contributed by atoms with Crippen LogP contribution in [0.5, 0.6) is 5.75 Å². The van der Waals surface area contributed by atoms with Crippen molar-refractivity contribution in [2.24, 2.45) is 0 Å². The van der Waals surface area contributed by atoms with Gasteiger partial charge < -0.3 is 21.1 Å². The van der Waals surface area contributed by atoms with E-state index in [9.17, 15) is 9.59 Å². The van der Waals surface area contributed by atoms with Crippen LogP contribution in [-0.2, 0) is 4.79 Å². The van der Waals surface area contributed by atoms with Crippen molar-refractivity contribution in [1.29, 1.82) is 0 Å². The van der Waals surface area contributed by atoms with Crippen LogP contribution in [0.3, 0.4) is 0 Å². The van der Waals surface area contributed by atoms with Gasteiger partial charge in [-0.25, -0.2) is 0 Å². The summed E-state index contributed by atoms with van der Waals surface area (Å²) in [6.45, 7) is 6.42. The first kappa shape index (κ1) is 17.8. The first-order chi connectivity index (χ1) is 10.5. The largest absolute Gasteiger partial charge is 0.482 e. The van der Waals surface area contributed by atoms with E-state index >= 15 is 0 Å². The number of ether oxygens (including phenoxy) is 1. The molecule has 6 heteroatoms. The third-order valence-electron chi connectivity index (χ3n) is 3.19. The van der Waals surface area contributed by atoms with Gasteiger partial charge in [-0.15, -0.1) is 0 Å². The molecule has 1 rings (SSSR count). The van der Waals surface area contributed by atoms with Crippen LogP contribution in [0.15, 0.2) is 18.2 Å². The summed E-state index contributed by atoms with van der Waals surface area (Å²) < 4.78 is 5.39. The molecule has 0 spiro atoms. The van der Waals surface area contributed by atoms with E-state index < -0.39 is 0 Å². The van der Waals surface area contributed by atoms with Crippen molar-refractivity contribution < 1.29 is 14.3 Å². The molecular formula is C16H25N3O3. The van der Waals surface area contributed by atoms with Gasteiger partial charge in [-0.3, -0.25) is 9.59 Å². The Labute approximate surface area is 131 Å². The second-order valence-corrected chi connectivity index (χ2v) is 5.17. The van der Waals surface area contributed by atoms with Gasteiger partial charge in [0.05, 0.1) is 5.69 Å². The normalized spacial score (nSPS) is 11.6. The molecule has 0 aliphatic carbocycles. The molecule has 0 aromatic heterocycles. The van der Waals surface area contributed by atoms with Gasteiger partial charge in [-0.2, -0.15) is 0 Å². The summed E-state index contributed by atoms with van der Waals surface area (Å²) in [5.74, 6) is 0.0273. The number of amides is 2. The van der Waals surface area contributed by atoms with Crippen molar-refractivity contribution in [3.63, 3.8) is 0 Å². The van der Waals surface area contributed by atoms with E-state index in [0.29, 0.717) is 23.5 Å². The minimum atomic E-state index is -0.196. The predicted molar refractivity (Wildman–Crippen MR) is 86.9 cm³/mol. The molecule has 0 fully saturated rings. The van der Waals surface area contributed by atoms with E-state index in [2.05, 4.69) is 10.6 Å². The number of carbonyl (C=O) groups is 2. The minimum Gasteiger partial charge on any atom is -0.482 e. The van der Waals surface area contributed by atoms with Gasteiger partial charge >= 0.3 is 0 Å². The smallest absolute Gasteiger partial charge is 0.258 e. The van der Waals surface area contributed by atoms with Crippen LogP contribution in [0.1, 0.15) is 44.0 Å². The first-order valence-electron chi connectivity index (χ1n) is 7.57. The number of hydrogen-bond donors (Lipinski definition) is 3. The standard InChI is InChI=1S/C16H25N3O3/c1-4-8-18-16(21)12-6-7-14(13(17)9-12)22-10-15(20)19-11(3)5-2/h6-7,9,11H,4-5,8,10,17H2,1-3H3,(H,18,21)(H,19,20). The number of nitrogens with one attached hydrogen (secondary N) is 2. The number of benzene rings is 1. The van der Waals surface area contributed by atoms with E-state index in [-0.39, 0.29) is 24.5 Å². The van der Waals surface area contributed by atoms with Crippen LogP contribution in [0.2, 0.25) is 0 Å². The van der Waals surface area contributed by atoms with Crippen LogP contribution >= 0.6 is 0 Å². The van der Waals surface area contributed by atoms with Crippen molar-refractivity contribution >= 4 is 17.5 Å². The lowest BCUT2D eigenvalue weighted by Crippen LogP contribution is -2.35. The zero-order valence-electron chi connectivity index (χ0n) is 13.4. The maximum Gasteiger partial charge on any atom is 0.258 e. The topological polar surface area (TPSA) is 93.4 Å². The second-order valence-electron chi connectivity index (χ2n) is 5.17. The molecule has 122 valence electrons. The number of carbonyl (C=O) groups excluding carboxylic acids is 2. The van der Waals surface area contributed by atoms with Gasteiger partial charge in [0, 0.05) is 18.2 Å². The van der Waals surface area contributed by atoms with Crippen LogP contribution in [-0.4, -0.2) is 31.0 Å². The van der Waals surface area contributed by atoms with E-state index in [1.165, 1.54) is 0 Å². The molecule has 2 amide bonds. The number of nitrogens with two attached hydrogens (primary N) is 1. The average molecular weight is 307 g/mol. The predicted octanol–water partition coefficient (Wildman–Crippen LogP) is 1.70. The molecule has 1 unspecified atom stereocenters. The SMILES string of the molecule is CCCNC(=O)c1ccc(OCC(=O)NC(C)CC)c(N)c1. The fraction of sp³-hybridized carbons (Fsp3) is 0.500. The Morgan fingerprint density at radius 1 is 1.32 bits per heavy atom. The molecule has 0 radical (unpaired) electrons. The third kappa shape index (κ3) is 5.63. The van der Waals surface area contributed by atoms with Gasteiger partial charge in [0.25, 0.3) is 11.8 Å². The van der Waals surface area contributed by atoms with Gasteiger partial charge in [-0.05, 0) is 38.0 Å². The summed E-state index contributed by atoms with van der Waals surface area (Å²) in [5, 5.41) is 5.58. The lowest BCUT2D eigenvalue weighted by atomic mass is 10.1. The van der Waals surface area contributed by atoms with Crippen molar-refractivity contribution in [1.82, 2.24) is 10.6 Å². The van der Waals surface area contributed by atoms with E-state index in [1.807, 2.05) is 20.8 Å². The van der Waals surface area contributed by atoms with Crippen LogP contribution in [0.25, 0.3) is 0 Å². The molecule has 22 heavy (non-hydrogen) atoms. The van der Waals surface area contributed by atoms with Crippen LogP contribution < -0.4 is 21.1 Å². The van der Waals surface area contributed by atoms with Gasteiger partial charge in [-0.1, -0.05) is 13.8 Å². The van der Waals surface area contributed by atoms with E-state index in [0.717, 1.165) is 12.8 Å². The Morgan fingerprint density at radius 3 is 2.64 bits per heavy atom. The summed E-state index contributed by atoms with van der Waals surface area (Å²) >= 11 is 0. The molecule has 0 aliphatic rings. The molecule has 1 aromatic rings. The molecule has 0 saturated heterocycles. The van der Waals surface area contributed by atoms with Gasteiger partial charge in [0.1, 0.15) is 5.75 Å². The summed E-state index contributed by atoms with van der Waals surface area (Å²) in [4.78, 5) is 23.5. The van der Waals surface area contributed by atoms with Crippen molar-refractivity contribution in [2.75, 3.05) is 18.9 Å². The second kappa shape index (κ2) is 8.92. The Hall–Kier alpha value is -2.24. The Morgan fingerprint density at radius 2 is 2.05 bits per heavy atom. The Bertz CT molecular complexity index is 517. The highest BCUT2D eigenvalue weighted by molar-refractivity contribution is 5.95. The highest BCUT2D eigenvalue weighted by Crippen LogP contribution is 2.22. The fourth-order valence-corrected chi connectivity index (χ4v) is 1.72. The molecule has 0 aliphatic heterocycles. The quantitative estimate of drug-likeness (QED) is 0.637. The summed E-state index contributed by atoms with van der Waals surface area (Å²) in [6.07, 6.45) is 1.73. The van der Waals surface area contributed by atoms with E-state index in [1.54, 1.807) is 18.2 Å². The Balaban J connectivity index is 2.59. The highest BCUT2D eigenvalue weighted by Gasteiger charge is 2.10. The maximum atomic E-state index is 11.8. The summed E-state index contributed by atoms with van der Waals surface area (Å²) in [5.41, 5.74) is 6.67. The van der Waals surface area contributed by atoms with Crippen LogP contribution in [0.4, 0.5) is 5.69 Å². The zero-order valence-corrected chi connectivity index (χ0v) is 13.4. The highest BCUT2D eigenvalue weighted by atomic mass is 16.5. The van der Waals surface area contributed by atoms with Crippen molar-refractivity contribution in [3.8, 4) is 5.75 Å². The number of hydrogen-bond acceptors (Lipinski definition) is 4. The molecule has 0 heterocycles. The van der Waals surface area contributed by atoms with Crippen LogP contribution in [0, 0.1) is 0 Å². The number of anilines is 1. The van der Waals surface area contributed by atoms with Crippen molar-refractivity contribution in [2.45, 2.75) is 39.7 Å². The lowest BCUT2D eigenvalue weighted by molar-refractivity contribution is -0.123. The minimum absolute atomic E-state index is 0.101.